The third kappa shape index (κ3) is 5.93. The zero-order chi connectivity index (χ0) is 17.5. The monoisotopic (exact) mass is 383 g/mol. The van der Waals surface area contributed by atoms with Crippen LogP contribution in [0, 0.1) is 0 Å². The van der Waals surface area contributed by atoms with Gasteiger partial charge in [-0.15, -0.1) is 0 Å². The van der Waals surface area contributed by atoms with Crippen LogP contribution in [0.5, 0.6) is 0 Å². The third-order valence-electron chi connectivity index (χ3n) is 3.35. The second kappa shape index (κ2) is 9.44. The SMILES string of the molecule is O=C(O)C(CCCCCCNO)S(=O)(=O)c1cc(Cl)ccc1Cl. The summed E-state index contributed by atoms with van der Waals surface area (Å²) in [5, 5.41) is 16.3. The van der Waals surface area contributed by atoms with Crippen LogP contribution in [0.2, 0.25) is 10.0 Å². The second-order valence-electron chi connectivity index (χ2n) is 5.06. The van der Waals surface area contributed by atoms with Crippen molar-refractivity contribution in [2.75, 3.05) is 6.54 Å². The van der Waals surface area contributed by atoms with Gasteiger partial charge in [-0.2, -0.15) is 0 Å². The number of aliphatic carboxylic acids is 1. The van der Waals surface area contributed by atoms with E-state index >= 15 is 0 Å². The Morgan fingerprint density at radius 3 is 2.43 bits per heavy atom. The maximum atomic E-state index is 12.5. The van der Waals surface area contributed by atoms with Crippen molar-refractivity contribution in [1.82, 2.24) is 5.48 Å². The molecule has 0 aromatic heterocycles. The van der Waals surface area contributed by atoms with E-state index in [0.29, 0.717) is 19.4 Å². The molecule has 6 nitrogen and oxygen atoms in total. The molecule has 0 amide bonds. The zero-order valence-electron chi connectivity index (χ0n) is 12.3. The molecule has 0 saturated heterocycles. The third-order valence-corrected chi connectivity index (χ3v) is 6.17. The molecular weight excluding hydrogens is 365 g/mol. The second-order valence-corrected chi connectivity index (χ2v) is 8.00. The van der Waals surface area contributed by atoms with Crippen LogP contribution in [0.1, 0.15) is 32.1 Å². The maximum Gasteiger partial charge on any atom is 0.322 e. The molecule has 3 N–H and O–H groups in total. The van der Waals surface area contributed by atoms with Gasteiger partial charge in [-0.25, -0.2) is 13.9 Å². The summed E-state index contributed by atoms with van der Waals surface area (Å²) in [5.41, 5.74) is 2.03. The minimum Gasteiger partial charge on any atom is -0.480 e. The van der Waals surface area contributed by atoms with E-state index in [2.05, 4.69) is 0 Å². The summed E-state index contributed by atoms with van der Waals surface area (Å²) >= 11 is 11.7. The standard InChI is InChI=1S/C14H19Cl2NO5S/c15-10-6-7-11(16)13(9-10)23(21,22)12(14(18)19)5-3-1-2-4-8-17-20/h6-7,9,12,17,20H,1-5,8H2,(H,18,19). The minimum atomic E-state index is -4.12. The largest absolute Gasteiger partial charge is 0.480 e. The highest BCUT2D eigenvalue weighted by Crippen LogP contribution is 2.29. The Bertz CT molecular complexity index is 636. The molecule has 9 heteroatoms. The lowest BCUT2D eigenvalue weighted by Gasteiger charge is -2.15. The number of hydroxylamine groups is 1. The normalized spacial score (nSPS) is 13.0. The first-order chi connectivity index (χ1) is 10.8. The fourth-order valence-corrected chi connectivity index (χ4v) is 4.50. The summed E-state index contributed by atoms with van der Waals surface area (Å²) in [5.74, 6) is -1.40. The van der Waals surface area contributed by atoms with Gasteiger partial charge in [0.25, 0.3) is 0 Å². The Hall–Kier alpha value is -0.860. The van der Waals surface area contributed by atoms with Crippen molar-refractivity contribution in [3.63, 3.8) is 0 Å². The molecule has 0 radical (unpaired) electrons. The highest BCUT2D eigenvalue weighted by Gasteiger charge is 2.35. The number of hydrogen-bond donors (Lipinski definition) is 3. The van der Waals surface area contributed by atoms with Crippen molar-refractivity contribution in [1.29, 1.82) is 0 Å². The van der Waals surface area contributed by atoms with Crippen molar-refractivity contribution in [2.24, 2.45) is 0 Å². The van der Waals surface area contributed by atoms with Crippen molar-refractivity contribution in [3.8, 4) is 0 Å². The van der Waals surface area contributed by atoms with Crippen LogP contribution in [0.25, 0.3) is 0 Å². The van der Waals surface area contributed by atoms with Crippen LogP contribution in [-0.2, 0) is 14.6 Å². The molecule has 0 aliphatic rings. The van der Waals surface area contributed by atoms with Gasteiger partial charge < -0.3 is 10.3 Å². The highest BCUT2D eigenvalue weighted by atomic mass is 35.5. The number of carboxylic acids is 1. The lowest BCUT2D eigenvalue weighted by atomic mass is 10.1. The molecule has 130 valence electrons. The van der Waals surface area contributed by atoms with Crippen molar-refractivity contribution >= 4 is 39.0 Å². The molecule has 1 unspecified atom stereocenters. The van der Waals surface area contributed by atoms with Gasteiger partial charge in [0.15, 0.2) is 15.1 Å². The molecule has 1 aromatic carbocycles. The van der Waals surface area contributed by atoms with Gasteiger partial charge >= 0.3 is 5.97 Å². The quantitative estimate of drug-likeness (QED) is 0.423. The van der Waals surface area contributed by atoms with E-state index in [4.69, 9.17) is 28.4 Å². The van der Waals surface area contributed by atoms with Gasteiger partial charge in [-0.1, -0.05) is 42.5 Å². The van der Waals surface area contributed by atoms with E-state index in [9.17, 15) is 18.3 Å². The molecule has 1 rings (SSSR count). The van der Waals surface area contributed by atoms with Crippen LogP contribution in [0.15, 0.2) is 23.1 Å². The van der Waals surface area contributed by atoms with Gasteiger partial charge in [0.1, 0.15) is 0 Å². The van der Waals surface area contributed by atoms with E-state index in [1.165, 1.54) is 18.2 Å². The van der Waals surface area contributed by atoms with Crippen molar-refractivity contribution < 1.29 is 23.5 Å². The number of rotatable bonds is 10. The van der Waals surface area contributed by atoms with Crippen LogP contribution < -0.4 is 5.48 Å². The average molecular weight is 384 g/mol. The van der Waals surface area contributed by atoms with Crippen molar-refractivity contribution in [2.45, 2.75) is 42.2 Å². The minimum absolute atomic E-state index is 0.00688. The Morgan fingerprint density at radius 1 is 1.17 bits per heavy atom. The number of nitrogens with one attached hydrogen (secondary N) is 1. The van der Waals surface area contributed by atoms with E-state index in [1.54, 1.807) is 0 Å². The van der Waals surface area contributed by atoms with Crippen LogP contribution >= 0.6 is 23.2 Å². The number of benzene rings is 1. The predicted molar refractivity (Wildman–Crippen MR) is 87.9 cm³/mol. The van der Waals surface area contributed by atoms with Gasteiger partial charge in [0.2, 0.25) is 0 Å². The van der Waals surface area contributed by atoms with Crippen LogP contribution in [0.3, 0.4) is 0 Å². The molecule has 0 bridgehead atoms. The molecule has 0 saturated carbocycles. The lowest BCUT2D eigenvalue weighted by Crippen LogP contribution is -2.30. The number of hydrogen-bond acceptors (Lipinski definition) is 5. The van der Waals surface area contributed by atoms with Gasteiger partial charge in [-0.3, -0.25) is 4.79 Å². The molecule has 0 aliphatic carbocycles. The van der Waals surface area contributed by atoms with Gasteiger partial charge in [0, 0.05) is 11.6 Å². The Kier molecular flexibility index (Phi) is 8.28. The lowest BCUT2D eigenvalue weighted by molar-refractivity contribution is -0.136. The van der Waals surface area contributed by atoms with Crippen LogP contribution in [0.4, 0.5) is 0 Å². The smallest absolute Gasteiger partial charge is 0.322 e. The van der Waals surface area contributed by atoms with E-state index in [-0.39, 0.29) is 21.4 Å². The predicted octanol–water partition coefficient (Wildman–Crippen LogP) is 3.15. The Morgan fingerprint density at radius 2 is 1.83 bits per heavy atom. The number of unbranched alkanes of at least 4 members (excludes halogenated alkanes) is 3. The summed E-state index contributed by atoms with van der Waals surface area (Å²) in [4.78, 5) is 11.1. The molecule has 23 heavy (non-hydrogen) atoms. The first kappa shape index (κ1) is 20.2. The Labute approximate surface area is 145 Å². The fourth-order valence-electron chi connectivity index (χ4n) is 2.15. The molecule has 0 fully saturated rings. The summed E-state index contributed by atoms with van der Waals surface area (Å²) in [6.07, 6.45) is 2.59. The summed E-state index contributed by atoms with van der Waals surface area (Å²) in [6, 6.07) is 3.94. The van der Waals surface area contributed by atoms with Gasteiger partial charge in [0.05, 0.1) is 9.92 Å². The average Bonchev–Trinajstić information content (AvgIpc) is 2.48. The molecule has 0 spiro atoms. The topological polar surface area (TPSA) is 104 Å². The molecule has 1 atom stereocenters. The first-order valence-corrected chi connectivity index (χ1v) is 9.39. The number of carboxylic acid groups (broad SMARTS) is 1. The van der Waals surface area contributed by atoms with Gasteiger partial charge in [-0.05, 0) is 31.0 Å². The van der Waals surface area contributed by atoms with Crippen LogP contribution in [-0.4, -0.2) is 36.5 Å². The Balaban J connectivity index is 2.83. The molecule has 1 aromatic rings. The van der Waals surface area contributed by atoms with E-state index in [0.717, 1.165) is 12.8 Å². The van der Waals surface area contributed by atoms with Crippen molar-refractivity contribution in [3.05, 3.63) is 28.2 Å². The molecular formula is C14H19Cl2NO5S. The fraction of sp³-hybridized carbons (Fsp3) is 0.500. The summed E-state index contributed by atoms with van der Waals surface area (Å²) in [7, 11) is -4.12. The number of halogens is 2. The summed E-state index contributed by atoms with van der Waals surface area (Å²) in [6.45, 7) is 0.443. The number of carbonyl (C=O) groups is 1. The first-order valence-electron chi connectivity index (χ1n) is 7.09. The van der Waals surface area contributed by atoms with E-state index < -0.39 is 21.1 Å². The van der Waals surface area contributed by atoms with E-state index in [1.807, 2.05) is 5.48 Å². The maximum absolute atomic E-state index is 12.5. The molecule has 0 heterocycles. The number of sulfone groups is 1. The summed E-state index contributed by atoms with van der Waals surface area (Å²) < 4.78 is 25.1. The molecule has 0 aliphatic heterocycles. The highest BCUT2D eigenvalue weighted by molar-refractivity contribution is 7.93. The zero-order valence-corrected chi connectivity index (χ0v) is 14.7.